The SMILES string of the molecule is C[Se]C1=NC(=Cc2ccccn2)C(=O)N1Cc1ccccc1. The van der Waals surface area contributed by atoms with E-state index in [1.807, 2.05) is 48.5 Å². The van der Waals surface area contributed by atoms with Gasteiger partial charge in [-0.15, -0.1) is 0 Å². The Balaban J connectivity index is 1.86. The van der Waals surface area contributed by atoms with E-state index in [0.29, 0.717) is 12.2 Å². The van der Waals surface area contributed by atoms with Crippen LogP contribution in [-0.2, 0) is 11.3 Å². The third-order valence-corrected chi connectivity index (χ3v) is 4.67. The molecule has 4 nitrogen and oxygen atoms in total. The van der Waals surface area contributed by atoms with Crippen molar-refractivity contribution in [3.05, 3.63) is 71.7 Å². The van der Waals surface area contributed by atoms with E-state index in [1.54, 1.807) is 17.2 Å². The normalized spacial score (nSPS) is 16.2. The number of benzene rings is 1. The molecule has 0 fully saturated rings. The van der Waals surface area contributed by atoms with Crippen molar-refractivity contribution in [2.75, 3.05) is 0 Å². The third kappa shape index (κ3) is 3.16. The average Bonchev–Trinajstić information content (AvgIpc) is 2.86. The number of nitrogens with zero attached hydrogens (tertiary/aromatic N) is 3. The van der Waals surface area contributed by atoms with Gasteiger partial charge >= 0.3 is 135 Å². The van der Waals surface area contributed by atoms with Gasteiger partial charge in [-0.3, -0.25) is 0 Å². The number of hydrogen-bond acceptors (Lipinski definition) is 3. The Labute approximate surface area is 135 Å². The molecule has 2 aromatic rings. The summed E-state index contributed by atoms with van der Waals surface area (Å²) < 4.78 is 0.864. The predicted molar refractivity (Wildman–Crippen MR) is 88.3 cm³/mol. The zero-order valence-electron chi connectivity index (χ0n) is 12.1. The molecule has 3 rings (SSSR count). The van der Waals surface area contributed by atoms with E-state index >= 15 is 0 Å². The molecule has 0 N–H and O–H groups in total. The first-order valence-corrected chi connectivity index (χ1v) is 9.46. The van der Waals surface area contributed by atoms with Crippen molar-refractivity contribution in [1.82, 2.24) is 9.88 Å². The van der Waals surface area contributed by atoms with Crippen LogP contribution >= 0.6 is 0 Å². The van der Waals surface area contributed by atoms with Crippen molar-refractivity contribution < 1.29 is 4.79 Å². The maximum atomic E-state index is 12.6. The molecule has 0 bridgehead atoms. The Morgan fingerprint density at radius 2 is 1.91 bits per heavy atom. The summed E-state index contributed by atoms with van der Waals surface area (Å²) in [4.78, 5) is 23.1. The van der Waals surface area contributed by atoms with Crippen molar-refractivity contribution in [3.8, 4) is 0 Å². The van der Waals surface area contributed by atoms with Crippen LogP contribution in [0.25, 0.3) is 6.08 Å². The van der Waals surface area contributed by atoms with Gasteiger partial charge in [0.2, 0.25) is 0 Å². The summed E-state index contributed by atoms with van der Waals surface area (Å²) in [6.07, 6.45) is 3.46. The number of hydrogen-bond donors (Lipinski definition) is 0. The van der Waals surface area contributed by atoms with Crippen molar-refractivity contribution >= 4 is 31.7 Å². The first kappa shape index (κ1) is 14.7. The fraction of sp³-hybridized carbons (Fsp3) is 0.118. The fourth-order valence-corrected chi connectivity index (χ4v) is 3.36. The maximum absolute atomic E-state index is 12.6. The standard InChI is InChI=1S/C17H15N3OSe/c1-22-17-19-15(11-14-9-5-6-10-18-14)16(21)20(17)12-13-7-3-2-4-8-13/h2-11H,12H2,1H3. The van der Waals surface area contributed by atoms with E-state index in [4.69, 9.17) is 0 Å². The van der Waals surface area contributed by atoms with Gasteiger partial charge in [0, 0.05) is 0 Å². The number of aliphatic imine (C=N–C) groups is 1. The summed E-state index contributed by atoms with van der Waals surface area (Å²) >= 11 is 0.157. The minimum atomic E-state index is -0.0479. The Morgan fingerprint density at radius 3 is 2.59 bits per heavy atom. The van der Waals surface area contributed by atoms with Gasteiger partial charge < -0.3 is 0 Å². The van der Waals surface area contributed by atoms with Gasteiger partial charge in [0.25, 0.3) is 0 Å². The first-order chi connectivity index (χ1) is 10.8. The van der Waals surface area contributed by atoms with Gasteiger partial charge in [-0.1, -0.05) is 0 Å². The minimum absolute atomic E-state index is 0.0479. The number of rotatable bonds is 4. The van der Waals surface area contributed by atoms with Crippen LogP contribution in [0.3, 0.4) is 0 Å². The molecule has 1 amide bonds. The molecule has 1 aliphatic heterocycles. The molecular formula is C17H15N3OSe. The van der Waals surface area contributed by atoms with Gasteiger partial charge in [0.05, 0.1) is 0 Å². The Bertz CT molecular complexity index is 726. The molecular weight excluding hydrogens is 341 g/mol. The summed E-state index contributed by atoms with van der Waals surface area (Å²) in [5, 5.41) is 0. The number of pyridine rings is 1. The van der Waals surface area contributed by atoms with Crippen LogP contribution in [0.5, 0.6) is 0 Å². The van der Waals surface area contributed by atoms with Crippen LogP contribution in [0.1, 0.15) is 11.3 Å². The molecule has 22 heavy (non-hydrogen) atoms. The van der Waals surface area contributed by atoms with E-state index in [2.05, 4.69) is 15.8 Å². The first-order valence-electron chi connectivity index (χ1n) is 6.89. The third-order valence-electron chi connectivity index (χ3n) is 3.25. The quantitative estimate of drug-likeness (QED) is 0.624. The molecule has 0 saturated carbocycles. The second kappa shape index (κ2) is 6.69. The van der Waals surface area contributed by atoms with Gasteiger partial charge in [-0.2, -0.15) is 0 Å². The number of amides is 1. The summed E-state index contributed by atoms with van der Waals surface area (Å²) in [5.41, 5.74) is 2.32. The molecule has 0 radical (unpaired) electrons. The molecule has 0 aliphatic carbocycles. The number of carbonyl (C=O) groups excluding carboxylic acids is 1. The Kier molecular flexibility index (Phi) is 4.47. The molecule has 0 spiro atoms. The van der Waals surface area contributed by atoms with Crippen molar-refractivity contribution in [2.45, 2.75) is 12.4 Å². The monoisotopic (exact) mass is 357 g/mol. The molecule has 0 unspecified atom stereocenters. The number of aromatic nitrogens is 1. The van der Waals surface area contributed by atoms with Crippen LogP contribution in [0.4, 0.5) is 0 Å². The van der Waals surface area contributed by atoms with Crippen LogP contribution in [-0.4, -0.2) is 35.5 Å². The van der Waals surface area contributed by atoms with Crippen LogP contribution in [0.2, 0.25) is 5.82 Å². The molecule has 0 saturated heterocycles. The van der Waals surface area contributed by atoms with E-state index in [1.165, 1.54) is 0 Å². The van der Waals surface area contributed by atoms with E-state index in [0.717, 1.165) is 16.0 Å². The Morgan fingerprint density at radius 1 is 1.14 bits per heavy atom. The second-order valence-electron chi connectivity index (χ2n) is 4.76. The zero-order valence-corrected chi connectivity index (χ0v) is 13.9. The Hall–Kier alpha value is -2.23. The molecule has 110 valence electrons. The van der Waals surface area contributed by atoms with Crippen molar-refractivity contribution in [1.29, 1.82) is 0 Å². The van der Waals surface area contributed by atoms with Gasteiger partial charge in [0.1, 0.15) is 0 Å². The van der Waals surface area contributed by atoms with Gasteiger partial charge in [0.15, 0.2) is 0 Å². The number of carbonyl (C=O) groups is 1. The molecule has 0 atom stereocenters. The predicted octanol–water partition coefficient (Wildman–Crippen LogP) is 2.57. The number of amidine groups is 1. The van der Waals surface area contributed by atoms with Crippen molar-refractivity contribution in [2.24, 2.45) is 4.99 Å². The van der Waals surface area contributed by atoms with Gasteiger partial charge in [-0.25, -0.2) is 0 Å². The molecule has 1 aliphatic rings. The van der Waals surface area contributed by atoms with E-state index in [9.17, 15) is 4.79 Å². The second-order valence-corrected chi connectivity index (χ2v) is 6.38. The van der Waals surface area contributed by atoms with Crippen LogP contribution in [0, 0.1) is 0 Å². The topological polar surface area (TPSA) is 45.6 Å². The molecule has 1 aromatic carbocycles. The summed E-state index contributed by atoms with van der Waals surface area (Å²) in [7, 11) is 0. The molecule has 2 heterocycles. The van der Waals surface area contributed by atoms with Crippen LogP contribution < -0.4 is 0 Å². The zero-order chi connectivity index (χ0) is 15.4. The van der Waals surface area contributed by atoms with Crippen molar-refractivity contribution in [3.63, 3.8) is 0 Å². The van der Waals surface area contributed by atoms with E-state index < -0.39 is 0 Å². The van der Waals surface area contributed by atoms with Crippen LogP contribution in [0.15, 0.2) is 65.4 Å². The van der Waals surface area contributed by atoms with Gasteiger partial charge in [-0.05, 0) is 0 Å². The molecule has 1 aromatic heterocycles. The fourth-order valence-electron chi connectivity index (χ4n) is 2.19. The summed E-state index contributed by atoms with van der Waals surface area (Å²) in [5.74, 6) is 2.02. The van der Waals surface area contributed by atoms with E-state index in [-0.39, 0.29) is 20.9 Å². The summed E-state index contributed by atoms with van der Waals surface area (Å²) in [6.45, 7) is 0.563. The molecule has 5 heteroatoms. The summed E-state index contributed by atoms with van der Waals surface area (Å²) in [6, 6.07) is 15.6. The average molecular weight is 356 g/mol.